The molecule has 1 aromatic rings. The van der Waals surface area contributed by atoms with Crippen molar-refractivity contribution in [1.82, 2.24) is 9.88 Å². The van der Waals surface area contributed by atoms with Crippen molar-refractivity contribution >= 4 is 5.91 Å². The molecule has 1 saturated heterocycles. The minimum absolute atomic E-state index is 0.282. The maximum Gasteiger partial charge on any atom is 0.222 e. The largest absolute Gasteiger partial charge is 0.382 e. The molecule has 0 saturated carbocycles. The Labute approximate surface area is 127 Å². The number of pyridine rings is 1. The van der Waals surface area contributed by atoms with Crippen LogP contribution in [0.3, 0.4) is 0 Å². The summed E-state index contributed by atoms with van der Waals surface area (Å²) in [4.78, 5) is 18.3. The number of likely N-dealkylation sites (tertiary alicyclic amines) is 1. The minimum Gasteiger partial charge on any atom is -0.382 e. The van der Waals surface area contributed by atoms with E-state index in [1.807, 2.05) is 24.2 Å². The summed E-state index contributed by atoms with van der Waals surface area (Å²) in [6.07, 6.45) is 8.46. The van der Waals surface area contributed by atoms with Crippen LogP contribution in [0.2, 0.25) is 0 Å². The first-order valence-electron chi connectivity index (χ1n) is 8.06. The van der Waals surface area contributed by atoms with Crippen LogP contribution in [-0.4, -0.2) is 42.1 Å². The standard InChI is InChI=1S/C17H26N2O2/c1-2-21-14-4-6-17(20)19-12-3-5-15(9-13-19)16-7-10-18-11-8-16/h7-8,10-11,15H,2-6,9,12-14H2,1H3. The van der Waals surface area contributed by atoms with Gasteiger partial charge in [0.1, 0.15) is 0 Å². The van der Waals surface area contributed by atoms with Gasteiger partial charge < -0.3 is 9.64 Å². The van der Waals surface area contributed by atoms with Crippen LogP contribution < -0.4 is 0 Å². The second-order valence-corrected chi connectivity index (χ2v) is 5.59. The van der Waals surface area contributed by atoms with E-state index in [9.17, 15) is 4.79 Å². The fraction of sp³-hybridized carbons (Fsp3) is 0.647. The zero-order valence-electron chi connectivity index (χ0n) is 13.0. The number of hydrogen-bond acceptors (Lipinski definition) is 3. The van der Waals surface area contributed by atoms with Gasteiger partial charge in [-0.3, -0.25) is 9.78 Å². The van der Waals surface area contributed by atoms with Crippen LogP contribution in [0.5, 0.6) is 0 Å². The molecule has 4 nitrogen and oxygen atoms in total. The molecule has 0 bridgehead atoms. The van der Waals surface area contributed by atoms with E-state index in [1.54, 1.807) is 0 Å². The Morgan fingerprint density at radius 3 is 2.90 bits per heavy atom. The summed E-state index contributed by atoms with van der Waals surface area (Å²) in [5.41, 5.74) is 1.36. The van der Waals surface area contributed by atoms with Crippen LogP contribution in [0.1, 0.15) is 50.5 Å². The molecule has 0 spiro atoms. The van der Waals surface area contributed by atoms with Gasteiger partial charge in [-0.1, -0.05) is 0 Å². The molecule has 2 rings (SSSR count). The maximum atomic E-state index is 12.2. The number of rotatable bonds is 6. The third-order valence-corrected chi connectivity index (χ3v) is 4.14. The van der Waals surface area contributed by atoms with E-state index in [-0.39, 0.29) is 5.91 Å². The summed E-state index contributed by atoms with van der Waals surface area (Å²) < 4.78 is 5.29. The van der Waals surface area contributed by atoms with Gasteiger partial charge in [0.05, 0.1) is 0 Å². The highest BCUT2D eigenvalue weighted by molar-refractivity contribution is 5.76. The Kier molecular flexibility index (Phi) is 6.67. The van der Waals surface area contributed by atoms with Crippen LogP contribution in [0.4, 0.5) is 0 Å². The monoisotopic (exact) mass is 290 g/mol. The Hall–Kier alpha value is -1.42. The lowest BCUT2D eigenvalue weighted by atomic mass is 9.93. The van der Waals surface area contributed by atoms with E-state index in [4.69, 9.17) is 4.74 Å². The van der Waals surface area contributed by atoms with Crippen molar-refractivity contribution in [2.75, 3.05) is 26.3 Å². The van der Waals surface area contributed by atoms with Gasteiger partial charge in [-0.15, -0.1) is 0 Å². The molecule has 1 aromatic heterocycles. The second kappa shape index (κ2) is 8.78. The van der Waals surface area contributed by atoms with Crippen molar-refractivity contribution in [3.8, 4) is 0 Å². The predicted molar refractivity (Wildman–Crippen MR) is 83.1 cm³/mol. The summed E-state index contributed by atoms with van der Waals surface area (Å²) in [5.74, 6) is 0.847. The van der Waals surface area contributed by atoms with Crippen molar-refractivity contribution in [2.24, 2.45) is 0 Å². The Morgan fingerprint density at radius 2 is 2.14 bits per heavy atom. The summed E-state index contributed by atoms with van der Waals surface area (Å²) in [6, 6.07) is 4.20. The van der Waals surface area contributed by atoms with E-state index < -0.39 is 0 Å². The molecule has 116 valence electrons. The zero-order valence-corrected chi connectivity index (χ0v) is 13.0. The second-order valence-electron chi connectivity index (χ2n) is 5.59. The van der Waals surface area contributed by atoms with E-state index in [0.29, 0.717) is 18.9 Å². The SMILES string of the molecule is CCOCCCC(=O)N1CCCC(c2ccncc2)CC1. The van der Waals surface area contributed by atoms with E-state index in [1.165, 1.54) is 5.56 Å². The highest BCUT2D eigenvalue weighted by Gasteiger charge is 2.21. The smallest absolute Gasteiger partial charge is 0.222 e. The molecule has 21 heavy (non-hydrogen) atoms. The van der Waals surface area contributed by atoms with Crippen molar-refractivity contribution < 1.29 is 9.53 Å². The average molecular weight is 290 g/mol. The van der Waals surface area contributed by atoms with Crippen LogP contribution in [0, 0.1) is 0 Å². The maximum absolute atomic E-state index is 12.2. The summed E-state index contributed by atoms with van der Waals surface area (Å²) in [7, 11) is 0. The number of ether oxygens (including phenoxy) is 1. The lowest BCUT2D eigenvalue weighted by Gasteiger charge is -2.20. The van der Waals surface area contributed by atoms with Crippen LogP contribution >= 0.6 is 0 Å². The molecule has 0 radical (unpaired) electrons. The number of carbonyl (C=O) groups is 1. The zero-order chi connectivity index (χ0) is 14.9. The first kappa shape index (κ1) is 16.0. The number of amides is 1. The van der Waals surface area contributed by atoms with Gasteiger partial charge in [0.2, 0.25) is 5.91 Å². The number of aromatic nitrogens is 1. The van der Waals surface area contributed by atoms with Gasteiger partial charge in [-0.05, 0) is 56.2 Å². The fourth-order valence-electron chi connectivity index (χ4n) is 2.94. The molecule has 1 atom stereocenters. The van der Waals surface area contributed by atoms with Gasteiger partial charge in [-0.25, -0.2) is 0 Å². The predicted octanol–water partition coefficient (Wildman–Crippen LogP) is 2.99. The van der Waals surface area contributed by atoms with Crippen molar-refractivity contribution in [3.63, 3.8) is 0 Å². The molecule has 2 heterocycles. The molecular formula is C17H26N2O2. The Bertz CT molecular complexity index is 422. The topological polar surface area (TPSA) is 42.4 Å². The highest BCUT2D eigenvalue weighted by atomic mass is 16.5. The van der Waals surface area contributed by atoms with Crippen molar-refractivity contribution in [2.45, 2.75) is 44.9 Å². The molecule has 4 heteroatoms. The third-order valence-electron chi connectivity index (χ3n) is 4.14. The average Bonchev–Trinajstić information content (AvgIpc) is 2.78. The number of nitrogens with zero attached hydrogens (tertiary/aromatic N) is 2. The van der Waals surface area contributed by atoms with Crippen molar-refractivity contribution in [1.29, 1.82) is 0 Å². The van der Waals surface area contributed by atoms with Gasteiger partial charge in [0, 0.05) is 45.1 Å². The van der Waals surface area contributed by atoms with Crippen LogP contribution in [-0.2, 0) is 9.53 Å². The van der Waals surface area contributed by atoms with Crippen LogP contribution in [0.15, 0.2) is 24.5 Å². The van der Waals surface area contributed by atoms with E-state index in [2.05, 4.69) is 17.1 Å². The molecule has 0 N–H and O–H groups in total. The van der Waals surface area contributed by atoms with Gasteiger partial charge in [0.25, 0.3) is 0 Å². The highest BCUT2D eigenvalue weighted by Crippen LogP contribution is 2.27. The lowest BCUT2D eigenvalue weighted by Crippen LogP contribution is -2.31. The Balaban J connectivity index is 1.79. The van der Waals surface area contributed by atoms with Gasteiger partial charge in [-0.2, -0.15) is 0 Å². The normalized spacial score (nSPS) is 19.3. The lowest BCUT2D eigenvalue weighted by molar-refractivity contribution is -0.131. The first-order chi connectivity index (χ1) is 10.3. The fourth-order valence-corrected chi connectivity index (χ4v) is 2.94. The summed E-state index contributed by atoms with van der Waals surface area (Å²) >= 11 is 0. The first-order valence-corrected chi connectivity index (χ1v) is 8.06. The molecule has 1 unspecified atom stereocenters. The number of carbonyl (C=O) groups excluding carboxylic acids is 1. The Morgan fingerprint density at radius 1 is 1.33 bits per heavy atom. The molecule has 0 aliphatic carbocycles. The van der Waals surface area contributed by atoms with E-state index in [0.717, 1.165) is 45.4 Å². The quantitative estimate of drug-likeness (QED) is 0.756. The number of hydrogen-bond donors (Lipinski definition) is 0. The third kappa shape index (κ3) is 5.12. The molecule has 1 amide bonds. The molecule has 1 fully saturated rings. The van der Waals surface area contributed by atoms with Crippen molar-refractivity contribution in [3.05, 3.63) is 30.1 Å². The van der Waals surface area contributed by atoms with E-state index >= 15 is 0 Å². The molecule has 0 aromatic carbocycles. The molecule has 1 aliphatic heterocycles. The minimum atomic E-state index is 0.282. The van der Waals surface area contributed by atoms with Gasteiger partial charge >= 0.3 is 0 Å². The molecular weight excluding hydrogens is 264 g/mol. The summed E-state index contributed by atoms with van der Waals surface area (Å²) in [6.45, 7) is 5.17. The molecule has 1 aliphatic rings. The van der Waals surface area contributed by atoms with Gasteiger partial charge in [0.15, 0.2) is 0 Å². The summed E-state index contributed by atoms with van der Waals surface area (Å²) in [5, 5.41) is 0. The van der Waals surface area contributed by atoms with Crippen LogP contribution in [0.25, 0.3) is 0 Å².